The van der Waals surface area contributed by atoms with Crippen molar-refractivity contribution in [2.75, 3.05) is 19.4 Å². The highest BCUT2D eigenvalue weighted by atomic mass is 35.5. The summed E-state index contributed by atoms with van der Waals surface area (Å²) in [6.45, 7) is 4.73. The van der Waals surface area contributed by atoms with E-state index in [0.717, 1.165) is 37.9 Å². The Labute approximate surface area is 266 Å². The van der Waals surface area contributed by atoms with E-state index in [4.69, 9.17) is 29.9 Å². The van der Waals surface area contributed by atoms with Crippen LogP contribution in [0, 0.1) is 12.8 Å². The molecule has 2 aromatic heterocycles. The number of aryl methyl sites for hydroxylation is 1. The van der Waals surface area contributed by atoms with Gasteiger partial charge in [0.25, 0.3) is 0 Å². The van der Waals surface area contributed by atoms with Crippen LogP contribution in [0.5, 0.6) is 5.75 Å². The number of carbonyl (C=O) groups excluding carboxylic acids is 1. The van der Waals surface area contributed by atoms with Gasteiger partial charge in [-0.15, -0.1) is 23.4 Å². The molecule has 246 valence electrons. The third-order valence-corrected chi connectivity index (χ3v) is 9.63. The number of halogens is 1. The van der Waals surface area contributed by atoms with Crippen LogP contribution in [0.4, 0.5) is 0 Å². The van der Waals surface area contributed by atoms with E-state index in [1.165, 1.54) is 11.8 Å². The minimum Gasteiger partial charge on any atom is -0.492 e. The maximum Gasteiger partial charge on any atom is 0.519 e. The standard InChI is InChI=1S/C30H44ClN3O9S/c1-17(31)23(27-25(36)24(35)26(37)29(43-27)44-3)33-28(38)21-10-9-19(7-4-5-14-40-20-8-6-12-32-15-20)11-13-34(21)16-22-18(2)41-30(39)42-22/h6,8,12,15,17,19,21,23-27,29,35-37H,4-5,7,9-11,13-14,16H2,1-3H3,(H,33,38)/t17-,19-,21-,23+,24-,25+,26+,27?,29+/m0/s1. The summed E-state index contributed by atoms with van der Waals surface area (Å²) >= 11 is 7.71. The molecular formula is C30H44ClN3O9S. The molecule has 2 saturated heterocycles. The maximum atomic E-state index is 13.9. The molecule has 0 aromatic carbocycles. The number of amides is 1. The molecule has 4 heterocycles. The van der Waals surface area contributed by atoms with E-state index in [9.17, 15) is 24.9 Å². The first-order valence-corrected chi connectivity index (χ1v) is 16.8. The molecule has 1 amide bonds. The number of hydrogen-bond donors (Lipinski definition) is 4. The van der Waals surface area contributed by atoms with E-state index in [-0.39, 0.29) is 12.5 Å². The van der Waals surface area contributed by atoms with Crippen LogP contribution in [0.2, 0.25) is 0 Å². The molecule has 4 rings (SSSR count). The van der Waals surface area contributed by atoms with Gasteiger partial charge in [-0.2, -0.15) is 0 Å². The van der Waals surface area contributed by atoms with Crippen molar-refractivity contribution >= 4 is 29.3 Å². The number of thioether (sulfide) groups is 1. The highest BCUT2D eigenvalue weighted by molar-refractivity contribution is 7.99. The lowest BCUT2D eigenvalue weighted by atomic mass is 9.92. The van der Waals surface area contributed by atoms with Crippen LogP contribution >= 0.6 is 23.4 Å². The third kappa shape index (κ3) is 8.99. The zero-order valence-electron chi connectivity index (χ0n) is 25.3. The fourth-order valence-electron chi connectivity index (χ4n) is 5.94. The van der Waals surface area contributed by atoms with Crippen molar-refractivity contribution in [3.05, 3.63) is 46.7 Å². The number of ether oxygens (including phenoxy) is 2. The van der Waals surface area contributed by atoms with E-state index in [1.807, 2.05) is 17.0 Å². The first-order chi connectivity index (χ1) is 21.1. The molecule has 2 aromatic rings. The molecule has 14 heteroatoms. The van der Waals surface area contributed by atoms with Gasteiger partial charge in [0.05, 0.1) is 36.8 Å². The number of nitrogens with one attached hydrogen (secondary N) is 1. The average Bonchev–Trinajstić information content (AvgIpc) is 3.19. The molecule has 44 heavy (non-hydrogen) atoms. The number of hydrogen-bond acceptors (Lipinski definition) is 12. The summed E-state index contributed by atoms with van der Waals surface area (Å²) in [7, 11) is 0. The fourth-order valence-corrected chi connectivity index (χ4v) is 6.83. The Morgan fingerprint density at radius 3 is 2.66 bits per heavy atom. The Bertz CT molecular complexity index is 1230. The molecule has 2 aliphatic heterocycles. The average molecular weight is 658 g/mol. The van der Waals surface area contributed by atoms with Crippen molar-refractivity contribution in [3.8, 4) is 5.75 Å². The lowest BCUT2D eigenvalue weighted by Crippen LogP contribution is -2.65. The fraction of sp³-hybridized carbons (Fsp3) is 0.700. The second-order valence-electron chi connectivity index (χ2n) is 11.6. The highest BCUT2D eigenvalue weighted by Crippen LogP contribution is 2.32. The summed E-state index contributed by atoms with van der Waals surface area (Å²) in [5, 5.41) is 33.9. The first-order valence-electron chi connectivity index (χ1n) is 15.1. The van der Waals surface area contributed by atoms with Gasteiger partial charge >= 0.3 is 5.82 Å². The number of aliphatic hydroxyl groups excluding tert-OH is 3. The van der Waals surface area contributed by atoms with Gasteiger partial charge in [-0.3, -0.25) is 14.7 Å². The largest absolute Gasteiger partial charge is 0.519 e. The number of carbonyl (C=O) groups is 1. The van der Waals surface area contributed by atoms with Gasteiger partial charge in [0.15, 0.2) is 5.76 Å². The summed E-state index contributed by atoms with van der Waals surface area (Å²) in [6.07, 6.45) is 4.95. The van der Waals surface area contributed by atoms with Crippen LogP contribution in [0.1, 0.15) is 57.0 Å². The summed E-state index contributed by atoms with van der Waals surface area (Å²) < 4.78 is 22.0. The number of rotatable bonds is 13. The Morgan fingerprint density at radius 2 is 2.00 bits per heavy atom. The second kappa shape index (κ2) is 16.4. The van der Waals surface area contributed by atoms with Crippen LogP contribution in [0.15, 0.2) is 38.2 Å². The highest BCUT2D eigenvalue weighted by Gasteiger charge is 2.48. The van der Waals surface area contributed by atoms with Crippen LogP contribution in [-0.2, 0) is 16.1 Å². The van der Waals surface area contributed by atoms with E-state index in [2.05, 4.69) is 10.3 Å². The molecule has 0 aliphatic carbocycles. The number of pyridine rings is 1. The van der Waals surface area contributed by atoms with Crippen molar-refractivity contribution in [1.29, 1.82) is 0 Å². The predicted molar refractivity (Wildman–Crippen MR) is 165 cm³/mol. The monoisotopic (exact) mass is 657 g/mol. The number of likely N-dealkylation sites (tertiary alicyclic amines) is 1. The quantitative estimate of drug-likeness (QED) is 0.184. The number of unbranched alkanes of at least 4 members (excludes halogenated alkanes) is 1. The van der Waals surface area contributed by atoms with E-state index in [0.29, 0.717) is 37.0 Å². The zero-order chi connectivity index (χ0) is 31.8. The Morgan fingerprint density at radius 1 is 1.20 bits per heavy atom. The van der Waals surface area contributed by atoms with Crippen LogP contribution < -0.4 is 15.9 Å². The minimum atomic E-state index is -1.46. The summed E-state index contributed by atoms with van der Waals surface area (Å²) in [5.41, 5.74) is -0.801. The Hall–Kier alpha value is -2.13. The van der Waals surface area contributed by atoms with Crippen molar-refractivity contribution in [2.45, 2.75) is 106 Å². The van der Waals surface area contributed by atoms with Crippen molar-refractivity contribution in [2.24, 2.45) is 5.92 Å². The lowest BCUT2D eigenvalue weighted by molar-refractivity contribution is -0.205. The Kier molecular flexibility index (Phi) is 13.0. The van der Waals surface area contributed by atoms with Gasteiger partial charge < -0.3 is 38.9 Å². The number of alkyl halides is 1. The first kappa shape index (κ1) is 34.7. The van der Waals surface area contributed by atoms with Crippen LogP contribution in [0.25, 0.3) is 0 Å². The minimum absolute atomic E-state index is 0.213. The number of nitrogens with zero attached hydrogens (tertiary/aromatic N) is 2. The normalized spacial score (nSPS) is 29.5. The predicted octanol–water partition coefficient (Wildman–Crippen LogP) is 2.44. The molecule has 2 fully saturated rings. The van der Waals surface area contributed by atoms with Crippen molar-refractivity contribution < 1.29 is 38.4 Å². The van der Waals surface area contributed by atoms with E-state index < -0.39 is 53.1 Å². The van der Waals surface area contributed by atoms with Gasteiger partial charge in [0, 0.05) is 6.20 Å². The topological polar surface area (TPSA) is 168 Å². The van der Waals surface area contributed by atoms with Crippen molar-refractivity contribution in [1.82, 2.24) is 15.2 Å². The molecule has 0 spiro atoms. The Balaban J connectivity index is 1.43. The molecule has 4 N–H and O–H groups in total. The number of aromatic nitrogens is 1. The molecule has 1 unspecified atom stereocenters. The summed E-state index contributed by atoms with van der Waals surface area (Å²) in [5.74, 6) is 0.767. The van der Waals surface area contributed by atoms with E-state index >= 15 is 0 Å². The summed E-state index contributed by atoms with van der Waals surface area (Å²) in [4.78, 5) is 31.7. The van der Waals surface area contributed by atoms with Gasteiger partial charge in [-0.25, -0.2) is 4.79 Å². The van der Waals surface area contributed by atoms with Crippen LogP contribution in [-0.4, -0.2) is 97.8 Å². The molecule has 9 atom stereocenters. The van der Waals surface area contributed by atoms with Gasteiger partial charge in [-0.1, -0.05) is 6.42 Å². The molecule has 0 radical (unpaired) electrons. The molecule has 0 saturated carbocycles. The SMILES string of the molecule is CS[C@H]1OC([C@H](NC(=O)[C@@H]2CC[C@H](CCCCOc3cccnc3)CCN2Cc2oc(=O)oc2C)[C@H](C)Cl)[C@H](O)[C@H](O)[C@H]1O. The van der Waals surface area contributed by atoms with Crippen molar-refractivity contribution in [3.63, 3.8) is 0 Å². The molecule has 0 bridgehead atoms. The molecular weight excluding hydrogens is 614 g/mol. The molecule has 12 nitrogen and oxygen atoms in total. The van der Waals surface area contributed by atoms with Gasteiger partial charge in [0.1, 0.15) is 41.4 Å². The summed E-state index contributed by atoms with van der Waals surface area (Å²) in [6, 6.07) is 2.28. The maximum absolute atomic E-state index is 13.9. The third-order valence-electron chi connectivity index (χ3n) is 8.51. The molecule has 2 aliphatic rings. The smallest absolute Gasteiger partial charge is 0.492 e. The second-order valence-corrected chi connectivity index (χ2v) is 13.2. The van der Waals surface area contributed by atoms with Gasteiger partial charge in [-0.05, 0) is 76.8 Å². The van der Waals surface area contributed by atoms with Crippen LogP contribution in [0.3, 0.4) is 0 Å². The van der Waals surface area contributed by atoms with E-state index in [1.54, 1.807) is 32.5 Å². The van der Waals surface area contributed by atoms with Gasteiger partial charge in [0.2, 0.25) is 5.91 Å². The number of aliphatic hydroxyl groups is 3. The zero-order valence-corrected chi connectivity index (χ0v) is 26.9. The lowest BCUT2D eigenvalue weighted by Gasteiger charge is -2.44.